The maximum absolute atomic E-state index is 5.10. The Morgan fingerprint density at radius 3 is 1.32 bits per heavy atom. The molecule has 0 radical (unpaired) electrons. The van der Waals surface area contributed by atoms with Gasteiger partial charge in [-0.05, 0) is 127 Å². The number of rotatable bonds is 12. The van der Waals surface area contributed by atoms with Crippen LogP contribution in [0.1, 0.15) is 11.1 Å². The van der Waals surface area contributed by atoms with E-state index in [9.17, 15) is 0 Å². The van der Waals surface area contributed by atoms with Gasteiger partial charge in [0.25, 0.3) is 0 Å². The summed E-state index contributed by atoms with van der Waals surface area (Å²) in [5.41, 5.74) is 25.8. The number of aromatic nitrogens is 4. The second kappa shape index (κ2) is 22.8. The zero-order valence-corrected chi connectivity index (χ0v) is 46.5. The van der Waals surface area contributed by atoms with Gasteiger partial charge in [0.2, 0.25) is 0 Å². The molecule has 0 aliphatic rings. The summed E-state index contributed by atoms with van der Waals surface area (Å²) in [6.07, 6.45) is 7.88. The summed E-state index contributed by atoms with van der Waals surface area (Å²) in [5.74, 6) is 0.855. The molecule has 3 aromatic heterocycles. The second-order valence-electron chi connectivity index (χ2n) is 19.9. The molecular weight excluding hydrogens is 1150 g/mol. The molecule has 13 rings (SSSR count). The summed E-state index contributed by atoms with van der Waals surface area (Å²) in [6, 6.07) is 98.3. The number of nitrogens with zero attached hydrogens (tertiary/aromatic N) is 4. The van der Waals surface area contributed by atoms with E-state index < -0.39 is 0 Å². The van der Waals surface area contributed by atoms with Crippen LogP contribution in [-0.2, 0) is 20.1 Å². The SMILES string of the molecule is Cc1cccc(C)c1-n1ccnc1-c1[c-]cc(-c2ccccc2-c2cc(-c3ccccc3-c3ccc(-c4[c-]cccc4)nc3)cc(-c3ccccc3-c3ccc(-c4[c-]ccc(-c5ccc(-c6ccccc6)cc5)c4)nc3)c2)cc1.[Ir+3]. The van der Waals surface area contributed by atoms with E-state index in [1.807, 2.05) is 61.2 Å². The number of hydrogen-bond acceptors (Lipinski definition) is 3. The second-order valence-corrected chi connectivity index (χ2v) is 19.9. The molecule has 380 valence electrons. The van der Waals surface area contributed by atoms with Crippen LogP contribution < -0.4 is 0 Å². The van der Waals surface area contributed by atoms with Crippen LogP contribution in [0.5, 0.6) is 0 Å². The molecule has 10 aromatic carbocycles. The van der Waals surface area contributed by atoms with Crippen molar-refractivity contribution in [2.75, 3.05) is 0 Å². The van der Waals surface area contributed by atoms with Crippen molar-refractivity contribution < 1.29 is 20.1 Å². The van der Waals surface area contributed by atoms with E-state index in [1.54, 1.807) is 0 Å². The van der Waals surface area contributed by atoms with Crippen molar-refractivity contribution >= 4 is 0 Å². The van der Waals surface area contributed by atoms with E-state index in [0.717, 1.165) is 117 Å². The Morgan fingerprint density at radius 1 is 0.325 bits per heavy atom. The van der Waals surface area contributed by atoms with Gasteiger partial charge in [-0.15, -0.1) is 101 Å². The Bertz CT molecular complexity index is 4260. The minimum atomic E-state index is 0. The molecule has 0 bridgehead atoms. The van der Waals surface area contributed by atoms with Gasteiger partial charge in [0.15, 0.2) is 0 Å². The standard InChI is InChI=1S/C75H51N4.Ir/c1-51-17-15-18-52(2)74(51)79-44-43-76-75(79)58-37-35-56(36-38-58)66-25-9-12-28-69(66)63-46-64(70-29-13-10-26-67(70)61-39-41-72(77-49-61)57-21-7-4-8-22-57)48-65(47-63)71-30-14-11-27-68(71)62-40-42-73(78-50-62)60-24-16-23-59(45-60)55-33-31-54(32-34-55)53-19-5-3-6-20-53;/h3-21,23,25-37,39-50H,1-2H3;/q-3;+3. The monoisotopic (exact) mass is 1200 g/mol. The molecule has 0 fully saturated rings. The minimum absolute atomic E-state index is 0. The zero-order valence-electron chi connectivity index (χ0n) is 44.1. The maximum Gasteiger partial charge on any atom is 3.00 e. The van der Waals surface area contributed by atoms with E-state index in [2.05, 4.69) is 249 Å². The molecule has 0 spiro atoms. The van der Waals surface area contributed by atoms with Crippen LogP contribution >= 0.6 is 0 Å². The molecule has 0 N–H and O–H groups in total. The number of aryl methyl sites for hydroxylation is 2. The smallest absolute Gasteiger partial charge is 0.340 e. The fourth-order valence-electron chi connectivity index (χ4n) is 10.9. The molecule has 5 heteroatoms. The summed E-state index contributed by atoms with van der Waals surface area (Å²) < 4.78 is 2.17. The van der Waals surface area contributed by atoms with Crippen LogP contribution in [0.4, 0.5) is 0 Å². The molecule has 0 amide bonds. The molecule has 0 aliphatic carbocycles. The quantitative estimate of drug-likeness (QED) is 0.115. The Hall–Kier alpha value is -9.64. The van der Waals surface area contributed by atoms with Gasteiger partial charge in [-0.3, -0.25) is 4.98 Å². The first-order valence-electron chi connectivity index (χ1n) is 26.6. The van der Waals surface area contributed by atoms with Crippen molar-refractivity contribution in [1.82, 2.24) is 19.5 Å². The Labute approximate surface area is 481 Å². The van der Waals surface area contributed by atoms with E-state index in [4.69, 9.17) is 15.0 Å². The third-order valence-corrected chi connectivity index (χ3v) is 14.9. The molecule has 0 unspecified atom stereocenters. The first-order chi connectivity index (χ1) is 39.0. The number of imidazole rings is 1. The third-order valence-electron chi connectivity index (χ3n) is 14.9. The molecular formula is C75H51IrN4. The summed E-state index contributed by atoms with van der Waals surface area (Å²) in [5, 5.41) is 0. The molecule has 4 nitrogen and oxygen atoms in total. The van der Waals surface area contributed by atoms with Crippen molar-refractivity contribution in [2.45, 2.75) is 13.8 Å². The first kappa shape index (κ1) is 51.1. The fourth-order valence-corrected chi connectivity index (χ4v) is 10.9. The number of pyridine rings is 2. The largest absolute Gasteiger partial charge is 3.00 e. The van der Waals surface area contributed by atoms with Crippen LogP contribution in [0.3, 0.4) is 0 Å². The normalized spacial score (nSPS) is 11.0. The fraction of sp³-hybridized carbons (Fsp3) is 0.0267. The molecule has 0 aliphatic heterocycles. The van der Waals surface area contributed by atoms with Crippen LogP contribution in [0.25, 0.3) is 129 Å². The van der Waals surface area contributed by atoms with Crippen molar-refractivity contribution in [2.24, 2.45) is 0 Å². The first-order valence-corrected chi connectivity index (χ1v) is 26.6. The van der Waals surface area contributed by atoms with Gasteiger partial charge in [-0.25, -0.2) is 0 Å². The van der Waals surface area contributed by atoms with Crippen LogP contribution in [0.15, 0.2) is 274 Å². The van der Waals surface area contributed by atoms with E-state index in [0.29, 0.717) is 0 Å². The Kier molecular flexibility index (Phi) is 14.5. The van der Waals surface area contributed by atoms with Gasteiger partial charge in [0.05, 0.1) is 5.82 Å². The summed E-state index contributed by atoms with van der Waals surface area (Å²) in [7, 11) is 0. The number of para-hydroxylation sites is 1. The van der Waals surface area contributed by atoms with Gasteiger partial charge in [-0.2, -0.15) is 0 Å². The minimum Gasteiger partial charge on any atom is -0.340 e. The van der Waals surface area contributed by atoms with Crippen molar-refractivity contribution in [3.8, 4) is 129 Å². The molecule has 0 saturated heterocycles. The summed E-state index contributed by atoms with van der Waals surface area (Å²) in [6.45, 7) is 4.29. The predicted octanol–water partition coefficient (Wildman–Crippen LogP) is 19.0. The molecule has 13 aromatic rings. The molecule has 3 heterocycles. The zero-order chi connectivity index (χ0) is 53.1. The summed E-state index contributed by atoms with van der Waals surface area (Å²) in [4.78, 5) is 14.9. The van der Waals surface area contributed by atoms with E-state index in [1.165, 1.54) is 22.3 Å². The number of benzene rings is 10. The van der Waals surface area contributed by atoms with Crippen molar-refractivity contribution in [3.05, 3.63) is 303 Å². The Morgan fingerprint density at radius 2 is 0.800 bits per heavy atom. The van der Waals surface area contributed by atoms with E-state index >= 15 is 0 Å². The van der Waals surface area contributed by atoms with Gasteiger partial charge < -0.3 is 14.5 Å². The van der Waals surface area contributed by atoms with Gasteiger partial charge >= 0.3 is 20.1 Å². The molecule has 0 atom stereocenters. The van der Waals surface area contributed by atoms with Crippen LogP contribution in [-0.4, -0.2) is 19.5 Å². The Balaban J connectivity index is 0.00000637. The van der Waals surface area contributed by atoms with Gasteiger partial charge in [0, 0.05) is 30.5 Å². The molecule has 0 saturated carbocycles. The van der Waals surface area contributed by atoms with Crippen LogP contribution in [0.2, 0.25) is 0 Å². The van der Waals surface area contributed by atoms with E-state index in [-0.39, 0.29) is 20.1 Å². The van der Waals surface area contributed by atoms with Gasteiger partial charge in [-0.1, -0.05) is 181 Å². The third kappa shape index (κ3) is 10.3. The predicted molar refractivity (Wildman–Crippen MR) is 325 cm³/mol. The average molecular weight is 1200 g/mol. The molecule has 80 heavy (non-hydrogen) atoms. The maximum atomic E-state index is 5.10. The van der Waals surface area contributed by atoms with Crippen molar-refractivity contribution in [3.63, 3.8) is 0 Å². The average Bonchev–Trinajstić information content (AvgIpc) is 4.02. The summed E-state index contributed by atoms with van der Waals surface area (Å²) >= 11 is 0. The van der Waals surface area contributed by atoms with Crippen molar-refractivity contribution in [1.29, 1.82) is 0 Å². The van der Waals surface area contributed by atoms with Gasteiger partial charge in [0.1, 0.15) is 0 Å². The topological polar surface area (TPSA) is 43.6 Å². The number of hydrogen-bond donors (Lipinski definition) is 0. The van der Waals surface area contributed by atoms with Crippen LogP contribution in [0, 0.1) is 32.0 Å².